The monoisotopic (exact) mass is 464 g/mol. The summed E-state index contributed by atoms with van der Waals surface area (Å²) in [5.74, 6) is 1.70. The molecule has 1 amide bonds. The second-order valence-corrected chi connectivity index (χ2v) is 10.9. The normalized spacial score (nSPS) is 16.8. The number of nitrogens with zero attached hydrogens (tertiary/aromatic N) is 2. The number of rotatable bonds is 21. The van der Waals surface area contributed by atoms with Crippen molar-refractivity contribution < 1.29 is 4.79 Å². The molecular weight excluding hydrogens is 404 g/mol. The van der Waals surface area contributed by atoms with Gasteiger partial charge in [-0.25, -0.2) is 0 Å². The number of hydrogen-bond donors (Lipinski definition) is 0. The highest BCUT2D eigenvalue weighted by atomic mass is 16.2. The minimum Gasteiger partial charge on any atom is -0.340 e. The van der Waals surface area contributed by atoms with Crippen LogP contribution in [0.5, 0.6) is 0 Å². The SMILES string of the molecule is CCCCCCC(CCCC)C(=O)N1CCN(CCCCC(CCCC)CCCCC)CC1. The molecule has 33 heavy (non-hydrogen) atoms. The summed E-state index contributed by atoms with van der Waals surface area (Å²) >= 11 is 0. The van der Waals surface area contributed by atoms with Crippen molar-refractivity contribution in [1.29, 1.82) is 0 Å². The third-order valence-electron chi connectivity index (χ3n) is 7.86. The molecule has 2 atom stereocenters. The van der Waals surface area contributed by atoms with Crippen LogP contribution in [0.1, 0.15) is 143 Å². The summed E-state index contributed by atoms with van der Waals surface area (Å²) < 4.78 is 0. The van der Waals surface area contributed by atoms with Crippen LogP contribution in [-0.2, 0) is 4.79 Å². The fraction of sp³-hybridized carbons (Fsp3) is 0.967. The van der Waals surface area contributed by atoms with Crippen LogP contribution in [-0.4, -0.2) is 48.4 Å². The van der Waals surface area contributed by atoms with E-state index in [0.717, 1.165) is 44.9 Å². The van der Waals surface area contributed by atoms with Gasteiger partial charge in [-0.2, -0.15) is 0 Å². The zero-order valence-electron chi connectivity index (χ0n) is 23.2. The Kier molecular flexibility index (Phi) is 19.2. The Morgan fingerprint density at radius 2 is 1.06 bits per heavy atom. The van der Waals surface area contributed by atoms with Crippen molar-refractivity contribution in [3.8, 4) is 0 Å². The van der Waals surface area contributed by atoms with Gasteiger partial charge in [-0.3, -0.25) is 9.69 Å². The van der Waals surface area contributed by atoms with Gasteiger partial charge in [-0.15, -0.1) is 0 Å². The second kappa shape index (κ2) is 20.8. The maximum Gasteiger partial charge on any atom is 0.225 e. The number of piperazine rings is 1. The molecule has 1 rings (SSSR count). The molecule has 0 spiro atoms. The Morgan fingerprint density at radius 1 is 0.576 bits per heavy atom. The minimum absolute atomic E-state index is 0.279. The summed E-state index contributed by atoms with van der Waals surface area (Å²) in [4.78, 5) is 18.0. The fourth-order valence-corrected chi connectivity index (χ4v) is 5.49. The third kappa shape index (κ3) is 14.4. The number of unbranched alkanes of at least 4 members (excludes halogenated alkanes) is 8. The Labute approximate surface area is 208 Å². The van der Waals surface area contributed by atoms with Crippen LogP contribution in [0.15, 0.2) is 0 Å². The van der Waals surface area contributed by atoms with Gasteiger partial charge in [0.1, 0.15) is 0 Å². The van der Waals surface area contributed by atoms with Crippen LogP contribution in [0.4, 0.5) is 0 Å². The lowest BCUT2D eigenvalue weighted by Gasteiger charge is -2.36. The zero-order chi connectivity index (χ0) is 24.2. The van der Waals surface area contributed by atoms with Gasteiger partial charge in [0.2, 0.25) is 5.91 Å². The van der Waals surface area contributed by atoms with E-state index in [0.29, 0.717) is 5.91 Å². The minimum atomic E-state index is 0.279. The lowest BCUT2D eigenvalue weighted by Crippen LogP contribution is -2.50. The van der Waals surface area contributed by atoms with Gasteiger partial charge in [0.15, 0.2) is 0 Å². The Bertz CT molecular complexity index is 445. The van der Waals surface area contributed by atoms with Gasteiger partial charge in [-0.05, 0) is 31.7 Å². The van der Waals surface area contributed by atoms with Crippen molar-refractivity contribution in [3.05, 3.63) is 0 Å². The van der Waals surface area contributed by atoms with E-state index in [1.54, 1.807) is 0 Å². The molecule has 1 heterocycles. The summed E-state index contributed by atoms with van der Waals surface area (Å²) in [5, 5.41) is 0. The summed E-state index contributed by atoms with van der Waals surface area (Å²) in [5.41, 5.74) is 0. The van der Waals surface area contributed by atoms with Crippen LogP contribution in [0.3, 0.4) is 0 Å². The molecule has 1 fully saturated rings. The first kappa shape index (κ1) is 30.5. The quantitative estimate of drug-likeness (QED) is 0.159. The Hall–Kier alpha value is -0.570. The van der Waals surface area contributed by atoms with E-state index in [9.17, 15) is 4.79 Å². The standard InChI is InChI=1S/C30H60N2O/c1-5-9-13-15-22-29(21-12-8-4)30(33)32-26-24-31(25-27-32)23-17-16-20-28(18-11-7-3)19-14-10-6-2/h28-29H,5-27H2,1-4H3. The van der Waals surface area contributed by atoms with Crippen LogP contribution in [0, 0.1) is 11.8 Å². The van der Waals surface area contributed by atoms with Gasteiger partial charge in [0.05, 0.1) is 0 Å². The van der Waals surface area contributed by atoms with E-state index in [1.807, 2.05) is 0 Å². The highest BCUT2D eigenvalue weighted by Gasteiger charge is 2.26. The van der Waals surface area contributed by atoms with E-state index >= 15 is 0 Å². The summed E-state index contributed by atoms with van der Waals surface area (Å²) in [7, 11) is 0. The molecule has 2 unspecified atom stereocenters. The molecule has 0 saturated carbocycles. The second-order valence-electron chi connectivity index (χ2n) is 10.9. The van der Waals surface area contributed by atoms with Crippen molar-refractivity contribution in [2.24, 2.45) is 11.8 Å². The fourth-order valence-electron chi connectivity index (χ4n) is 5.49. The first-order valence-electron chi connectivity index (χ1n) is 15.2. The van der Waals surface area contributed by atoms with E-state index < -0.39 is 0 Å². The Morgan fingerprint density at radius 3 is 1.70 bits per heavy atom. The molecule has 0 bridgehead atoms. The molecule has 3 nitrogen and oxygen atoms in total. The van der Waals surface area contributed by atoms with E-state index in [-0.39, 0.29) is 5.92 Å². The van der Waals surface area contributed by atoms with Gasteiger partial charge in [0.25, 0.3) is 0 Å². The lowest BCUT2D eigenvalue weighted by molar-refractivity contribution is -0.137. The molecule has 0 aromatic heterocycles. The van der Waals surface area contributed by atoms with Crippen molar-refractivity contribution in [1.82, 2.24) is 9.80 Å². The van der Waals surface area contributed by atoms with Gasteiger partial charge >= 0.3 is 0 Å². The molecular formula is C30H60N2O. The first-order chi connectivity index (χ1) is 16.2. The van der Waals surface area contributed by atoms with Crippen LogP contribution >= 0.6 is 0 Å². The molecule has 1 aliphatic heterocycles. The summed E-state index contributed by atoms with van der Waals surface area (Å²) in [6, 6.07) is 0. The highest BCUT2D eigenvalue weighted by Crippen LogP contribution is 2.23. The number of amides is 1. The number of carbonyl (C=O) groups excluding carboxylic acids is 1. The molecule has 0 N–H and O–H groups in total. The first-order valence-corrected chi connectivity index (χ1v) is 15.2. The smallest absolute Gasteiger partial charge is 0.225 e. The molecule has 1 aliphatic rings. The number of carbonyl (C=O) groups is 1. The summed E-state index contributed by atoms with van der Waals surface area (Å²) in [6.07, 6.45) is 23.7. The molecule has 0 aliphatic carbocycles. The predicted octanol–water partition coefficient (Wildman–Crippen LogP) is 8.46. The zero-order valence-corrected chi connectivity index (χ0v) is 23.2. The van der Waals surface area contributed by atoms with Crippen molar-refractivity contribution >= 4 is 5.91 Å². The van der Waals surface area contributed by atoms with Gasteiger partial charge < -0.3 is 4.90 Å². The van der Waals surface area contributed by atoms with E-state index in [4.69, 9.17) is 0 Å². The van der Waals surface area contributed by atoms with Crippen molar-refractivity contribution in [2.45, 2.75) is 143 Å². The van der Waals surface area contributed by atoms with Crippen molar-refractivity contribution in [2.75, 3.05) is 32.7 Å². The topological polar surface area (TPSA) is 23.6 Å². The molecule has 0 radical (unpaired) electrons. The summed E-state index contributed by atoms with van der Waals surface area (Å²) in [6.45, 7) is 14.4. The molecule has 0 aromatic rings. The van der Waals surface area contributed by atoms with E-state index in [1.165, 1.54) is 109 Å². The maximum absolute atomic E-state index is 13.2. The third-order valence-corrected chi connectivity index (χ3v) is 7.86. The van der Waals surface area contributed by atoms with Gasteiger partial charge in [-0.1, -0.05) is 124 Å². The molecule has 0 aromatic carbocycles. The average Bonchev–Trinajstić information content (AvgIpc) is 2.84. The largest absolute Gasteiger partial charge is 0.340 e. The number of hydrogen-bond acceptors (Lipinski definition) is 2. The van der Waals surface area contributed by atoms with Crippen LogP contribution in [0.2, 0.25) is 0 Å². The lowest BCUT2D eigenvalue weighted by atomic mass is 9.90. The maximum atomic E-state index is 13.2. The van der Waals surface area contributed by atoms with Crippen LogP contribution in [0.25, 0.3) is 0 Å². The molecule has 196 valence electrons. The average molecular weight is 465 g/mol. The van der Waals surface area contributed by atoms with Crippen molar-refractivity contribution in [3.63, 3.8) is 0 Å². The highest BCUT2D eigenvalue weighted by molar-refractivity contribution is 5.79. The predicted molar refractivity (Wildman–Crippen MR) is 146 cm³/mol. The molecule has 1 saturated heterocycles. The van der Waals surface area contributed by atoms with Crippen LogP contribution < -0.4 is 0 Å². The van der Waals surface area contributed by atoms with Gasteiger partial charge in [0, 0.05) is 32.1 Å². The Balaban J connectivity index is 2.30. The molecule has 3 heteroatoms. The van der Waals surface area contributed by atoms with E-state index in [2.05, 4.69) is 37.5 Å².